The Morgan fingerprint density at radius 3 is 2.74 bits per heavy atom. The first-order chi connectivity index (χ1) is 10.8. The molecule has 3 nitrogen and oxygen atoms in total. The second-order valence-corrected chi connectivity index (χ2v) is 6.62. The monoisotopic (exact) mass is 342 g/mol. The lowest BCUT2D eigenvalue weighted by atomic mass is 9.96. The molecule has 0 unspecified atom stereocenters. The molecule has 2 heterocycles. The van der Waals surface area contributed by atoms with Gasteiger partial charge in [-0.3, -0.25) is 0 Å². The van der Waals surface area contributed by atoms with E-state index in [0.717, 1.165) is 32.0 Å². The van der Waals surface area contributed by atoms with Gasteiger partial charge in [-0.05, 0) is 57.3 Å². The van der Waals surface area contributed by atoms with E-state index >= 15 is 0 Å². The van der Waals surface area contributed by atoms with Gasteiger partial charge >= 0.3 is 0 Å². The highest BCUT2D eigenvalue weighted by Crippen LogP contribution is 2.20. The van der Waals surface area contributed by atoms with Gasteiger partial charge in [0.1, 0.15) is 5.82 Å². The first kappa shape index (κ1) is 18.7. The molecular formula is C18H28ClFN2O. The molecule has 5 heteroatoms. The van der Waals surface area contributed by atoms with Crippen LogP contribution in [0.5, 0.6) is 0 Å². The topological polar surface area (TPSA) is 24.5 Å². The van der Waals surface area contributed by atoms with Crippen molar-refractivity contribution in [2.75, 3.05) is 32.7 Å². The highest BCUT2D eigenvalue weighted by Gasteiger charge is 2.23. The molecule has 1 atom stereocenters. The van der Waals surface area contributed by atoms with E-state index in [-0.39, 0.29) is 24.3 Å². The van der Waals surface area contributed by atoms with Crippen LogP contribution < -0.4 is 5.32 Å². The van der Waals surface area contributed by atoms with Gasteiger partial charge in [-0.2, -0.15) is 0 Å². The van der Waals surface area contributed by atoms with Crippen LogP contribution in [-0.4, -0.2) is 43.7 Å². The lowest BCUT2D eigenvalue weighted by Gasteiger charge is -2.36. The molecule has 0 radical (unpaired) electrons. The van der Waals surface area contributed by atoms with E-state index in [1.807, 2.05) is 12.1 Å². The third kappa shape index (κ3) is 5.71. The Kier molecular flexibility index (Phi) is 7.77. The zero-order valence-electron chi connectivity index (χ0n) is 13.7. The quantitative estimate of drug-likeness (QED) is 0.889. The number of benzene rings is 1. The van der Waals surface area contributed by atoms with Crippen LogP contribution in [0, 0.1) is 11.7 Å². The largest absolute Gasteiger partial charge is 0.372 e. The summed E-state index contributed by atoms with van der Waals surface area (Å²) in [7, 11) is 0. The van der Waals surface area contributed by atoms with E-state index in [0.29, 0.717) is 12.2 Å². The predicted molar refractivity (Wildman–Crippen MR) is 93.5 cm³/mol. The Morgan fingerprint density at radius 1 is 1.17 bits per heavy atom. The normalized spacial score (nSPS) is 23.4. The summed E-state index contributed by atoms with van der Waals surface area (Å²) in [5, 5.41) is 3.43. The molecule has 1 aromatic rings. The van der Waals surface area contributed by atoms with Crippen molar-refractivity contribution in [1.82, 2.24) is 10.2 Å². The first-order valence-electron chi connectivity index (χ1n) is 8.59. The van der Waals surface area contributed by atoms with Gasteiger partial charge in [-0.15, -0.1) is 12.4 Å². The van der Waals surface area contributed by atoms with Crippen molar-refractivity contribution < 1.29 is 9.13 Å². The first-order valence-corrected chi connectivity index (χ1v) is 8.59. The zero-order valence-corrected chi connectivity index (χ0v) is 14.5. The minimum atomic E-state index is -0.162. The summed E-state index contributed by atoms with van der Waals surface area (Å²) in [5.74, 6) is 0.663. The fourth-order valence-corrected chi connectivity index (χ4v) is 3.57. The molecule has 2 aliphatic heterocycles. The summed E-state index contributed by atoms with van der Waals surface area (Å²) in [6.45, 7) is 6.08. The number of hydrogen-bond donors (Lipinski definition) is 1. The molecule has 0 saturated carbocycles. The number of piperidine rings is 2. The van der Waals surface area contributed by atoms with Crippen LogP contribution in [0.4, 0.5) is 4.39 Å². The molecule has 1 aromatic carbocycles. The molecule has 1 N–H and O–H groups in total. The Bertz CT molecular complexity index is 468. The average molecular weight is 343 g/mol. The van der Waals surface area contributed by atoms with Crippen LogP contribution in [0.25, 0.3) is 0 Å². The highest BCUT2D eigenvalue weighted by molar-refractivity contribution is 5.85. The molecule has 3 rings (SSSR count). The molecule has 2 saturated heterocycles. The maximum absolute atomic E-state index is 13.6. The maximum atomic E-state index is 13.6. The van der Waals surface area contributed by atoms with Gasteiger partial charge in [0.25, 0.3) is 0 Å². The molecule has 0 aliphatic carbocycles. The summed E-state index contributed by atoms with van der Waals surface area (Å²) in [6.07, 6.45) is 5.11. The third-order valence-electron chi connectivity index (χ3n) is 4.87. The molecule has 2 aliphatic rings. The fraction of sp³-hybridized carbons (Fsp3) is 0.667. The van der Waals surface area contributed by atoms with Gasteiger partial charge < -0.3 is 15.0 Å². The van der Waals surface area contributed by atoms with Gasteiger partial charge in [0.2, 0.25) is 0 Å². The van der Waals surface area contributed by atoms with E-state index < -0.39 is 0 Å². The van der Waals surface area contributed by atoms with Crippen LogP contribution in [0.3, 0.4) is 0 Å². The van der Waals surface area contributed by atoms with Crippen molar-refractivity contribution in [3.63, 3.8) is 0 Å². The third-order valence-corrected chi connectivity index (χ3v) is 4.87. The van der Waals surface area contributed by atoms with Gasteiger partial charge in [0.15, 0.2) is 0 Å². The summed E-state index contributed by atoms with van der Waals surface area (Å²) in [4.78, 5) is 2.55. The van der Waals surface area contributed by atoms with Crippen LogP contribution in [0.15, 0.2) is 24.3 Å². The van der Waals surface area contributed by atoms with Crippen LogP contribution in [0.1, 0.15) is 31.2 Å². The van der Waals surface area contributed by atoms with Crippen LogP contribution in [0.2, 0.25) is 0 Å². The Hall–Kier alpha value is -0.680. The minimum absolute atomic E-state index is 0. The van der Waals surface area contributed by atoms with Gasteiger partial charge in [0, 0.05) is 18.7 Å². The molecular weight excluding hydrogens is 315 g/mol. The SMILES string of the molecule is Cl.Fc1ccccc1CO[C@H]1CCCN(CC2CCNCC2)C1. The average Bonchev–Trinajstić information content (AvgIpc) is 2.55. The van der Waals surface area contributed by atoms with E-state index in [4.69, 9.17) is 4.74 Å². The standard InChI is InChI=1S/C18H27FN2O.ClH/c19-18-6-2-1-4-16(18)14-22-17-5-3-11-21(13-17)12-15-7-9-20-10-8-15;/h1-2,4,6,15,17,20H,3,5,7-14H2;1H/t17-;/m0./s1. The van der Waals surface area contributed by atoms with Crippen molar-refractivity contribution in [2.24, 2.45) is 5.92 Å². The summed E-state index contributed by atoms with van der Waals surface area (Å²) < 4.78 is 19.6. The van der Waals surface area contributed by atoms with E-state index in [1.165, 1.54) is 38.4 Å². The zero-order chi connectivity index (χ0) is 15.2. The van der Waals surface area contributed by atoms with Gasteiger partial charge in [-0.25, -0.2) is 4.39 Å². The molecule has 130 valence electrons. The van der Waals surface area contributed by atoms with Crippen LogP contribution >= 0.6 is 12.4 Å². The number of nitrogens with one attached hydrogen (secondary N) is 1. The van der Waals surface area contributed by atoms with Crippen molar-refractivity contribution in [3.05, 3.63) is 35.6 Å². The highest BCUT2D eigenvalue weighted by atomic mass is 35.5. The number of nitrogens with zero attached hydrogens (tertiary/aromatic N) is 1. The van der Waals surface area contributed by atoms with E-state index in [1.54, 1.807) is 6.07 Å². The molecule has 0 spiro atoms. The van der Waals surface area contributed by atoms with Crippen molar-refractivity contribution >= 4 is 12.4 Å². The number of ether oxygens (including phenoxy) is 1. The van der Waals surface area contributed by atoms with Crippen molar-refractivity contribution in [3.8, 4) is 0 Å². The predicted octanol–water partition coefficient (Wildman–Crippen LogP) is 3.23. The Labute approximate surface area is 145 Å². The number of halogens is 2. The number of hydrogen-bond acceptors (Lipinski definition) is 3. The van der Waals surface area contributed by atoms with Gasteiger partial charge in [-0.1, -0.05) is 18.2 Å². The smallest absolute Gasteiger partial charge is 0.128 e. The van der Waals surface area contributed by atoms with Crippen molar-refractivity contribution in [2.45, 2.75) is 38.4 Å². The lowest BCUT2D eigenvalue weighted by molar-refractivity contribution is -0.0153. The van der Waals surface area contributed by atoms with Crippen LogP contribution in [-0.2, 0) is 11.3 Å². The van der Waals surface area contributed by atoms with E-state index in [9.17, 15) is 4.39 Å². The summed E-state index contributed by atoms with van der Waals surface area (Å²) in [5.41, 5.74) is 0.665. The summed E-state index contributed by atoms with van der Waals surface area (Å²) in [6, 6.07) is 6.90. The Morgan fingerprint density at radius 2 is 1.96 bits per heavy atom. The second-order valence-electron chi connectivity index (χ2n) is 6.62. The van der Waals surface area contributed by atoms with Gasteiger partial charge in [0.05, 0.1) is 12.7 Å². The second kappa shape index (κ2) is 9.58. The minimum Gasteiger partial charge on any atom is -0.372 e. The molecule has 23 heavy (non-hydrogen) atoms. The maximum Gasteiger partial charge on any atom is 0.128 e. The molecule has 2 fully saturated rings. The number of likely N-dealkylation sites (tertiary alicyclic amines) is 1. The van der Waals surface area contributed by atoms with Crippen molar-refractivity contribution in [1.29, 1.82) is 0 Å². The molecule has 0 aromatic heterocycles. The lowest BCUT2D eigenvalue weighted by Crippen LogP contribution is -2.43. The molecule has 0 amide bonds. The summed E-state index contributed by atoms with van der Waals surface area (Å²) >= 11 is 0. The number of rotatable bonds is 5. The molecule has 0 bridgehead atoms. The Balaban J connectivity index is 0.00000192. The fourth-order valence-electron chi connectivity index (χ4n) is 3.57. The van der Waals surface area contributed by atoms with E-state index in [2.05, 4.69) is 10.2 Å².